The molecule has 1 saturated heterocycles. The molecule has 2 unspecified atom stereocenters. The first-order valence-electron chi connectivity index (χ1n) is 7.87. The van der Waals surface area contributed by atoms with Gasteiger partial charge in [-0.3, -0.25) is 4.79 Å². The Morgan fingerprint density at radius 1 is 1.24 bits per heavy atom. The number of piperidine rings is 1. The summed E-state index contributed by atoms with van der Waals surface area (Å²) in [6.45, 7) is 4.19. The molecule has 1 aliphatic carbocycles. The van der Waals surface area contributed by atoms with Crippen molar-refractivity contribution < 1.29 is 4.79 Å². The van der Waals surface area contributed by atoms with Crippen LogP contribution >= 0.6 is 12.4 Å². The van der Waals surface area contributed by atoms with Gasteiger partial charge in [0.1, 0.15) is 0 Å². The molecular formula is C17H25ClN2O. The van der Waals surface area contributed by atoms with Gasteiger partial charge in [-0.05, 0) is 74.4 Å². The lowest BCUT2D eigenvalue weighted by Gasteiger charge is -2.30. The Kier molecular flexibility index (Phi) is 5.65. The number of carbonyl (C=O) groups excluding carboxylic acids is 1. The highest BCUT2D eigenvalue weighted by Crippen LogP contribution is 2.22. The molecule has 2 atom stereocenters. The molecular weight excluding hydrogens is 284 g/mol. The van der Waals surface area contributed by atoms with Crippen molar-refractivity contribution in [2.45, 2.75) is 45.1 Å². The van der Waals surface area contributed by atoms with E-state index in [4.69, 9.17) is 0 Å². The van der Waals surface area contributed by atoms with Crippen molar-refractivity contribution in [3.05, 3.63) is 34.9 Å². The normalized spacial score (nSPS) is 24.6. The number of hydrogen-bond acceptors (Lipinski definition) is 2. The fourth-order valence-electron chi connectivity index (χ4n) is 3.35. The quantitative estimate of drug-likeness (QED) is 0.882. The minimum atomic E-state index is 0. The predicted octanol–water partition coefficient (Wildman–Crippen LogP) is 2.72. The van der Waals surface area contributed by atoms with Crippen molar-refractivity contribution in [1.29, 1.82) is 0 Å². The number of nitrogens with one attached hydrogen (secondary N) is 2. The van der Waals surface area contributed by atoms with E-state index in [1.807, 2.05) is 6.07 Å². The molecule has 3 rings (SSSR count). The maximum absolute atomic E-state index is 12.4. The minimum Gasteiger partial charge on any atom is -0.349 e. The second-order valence-corrected chi connectivity index (χ2v) is 6.24. The Morgan fingerprint density at radius 3 is 2.76 bits per heavy atom. The molecule has 21 heavy (non-hydrogen) atoms. The van der Waals surface area contributed by atoms with Crippen molar-refractivity contribution in [3.63, 3.8) is 0 Å². The Labute approximate surface area is 133 Å². The first-order chi connectivity index (χ1) is 9.74. The van der Waals surface area contributed by atoms with Crippen molar-refractivity contribution in [2.75, 3.05) is 13.1 Å². The summed E-state index contributed by atoms with van der Waals surface area (Å²) in [7, 11) is 0. The summed E-state index contributed by atoms with van der Waals surface area (Å²) >= 11 is 0. The lowest BCUT2D eigenvalue weighted by atomic mass is 9.90. The van der Waals surface area contributed by atoms with Gasteiger partial charge in [0.15, 0.2) is 0 Å². The van der Waals surface area contributed by atoms with Gasteiger partial charge < -0.3 is 10.6 Å². The molecule has 3 nitrogen and oxygen atoms in total. The fourth-order valence-corrected chi connectivity index (χ4v) is 3.35. The topological polar surface area (TPSA) is 41.1 Å². The van der Waals surface area contributed by atoms with Crippen molar-refractivity contribution >= 4 is 18.3 Å². The van der Waals surface area contributed by atoms with Crippen LogP contribution in [0.1, 0.15) is 47.7 Å². The molecule has 2 N–H and O–H groups in total. The van der Waals surface area contributed by atoms with E-state index in [9.17, 15) is 4.79 Å². The van der Waals surface area contributed by atoms with Gasteiger partial charge in [0.25, 0.3) is 5.91 Å². The fraction of sp³-hybridized carbons (Fsp3) is 0.588. The molecule has 116 valence electrons. The van der Waals surface area contributed by atoms with Gasteiger partial charge in [0.05, 0.1) is 0 Å². The third-order valence-corrected chi connectivity index (χ3v) is 4.71. The molecule has 1 aromatic carbocycles. The van der Waals surface area contributed by atoms with Crippen LogP contribution in [0, 0.1) is 5.92 Å². The molecule has 1 aliphatic heterocycles. The second-order valence-electron chi connectivity index (χ2n) is 6.24. The molecule has 0 spiro atoms. The van der Waals surface area contributed by atoms with Crippen molar-refractivity contribution in [2.24, 2.45) is 5.92 Å². The number of hydrogen-bond donors (Lipinski definition) is 2. The molecule has 0 saturated carbocycles. The van der Waals surface area contributed by atoms with Crippen LogP contribution in [0.2, 0.25) is 0 Å². The number of carbonyl (C=O) groups is 1. The van der Waals surface area contributed by atoms with E-state index in [0.29, 0.717) is 12.0 Å². The maximum atomic E-state index is 12.4. The molecule has 0 bridgehead atoms. The first-order valence-corrected chi connectivity index (χ1v) is 7.87. The maximum Gasteiger partial charge on any atom is 0.251 e. The van der Waals surface area contributed by atoms with Gasteiger partial charge in [-0.25, -0.2) is 0 Å². The van der Waals surface area contributed by atoms with E-state index in [2.05, 4.69) is 29.7 Å². The Hall–Kier alpha value is -1.06. The largest absolute Gasteiger partial charge is 0.349 e. The number of halogens is 1. The van der Waals surface area contributed by atoms with E-state index in [0.717, 1.165) is 31.5 Å². The van der Waals surface area contributed by atoms with Crippen LogP contribution in [0.3, 0.4) is 0 Å². The molecule has 0 radical (unpaired) electrons. The minimum absolute atomic E-state index is 0. The summed E-state index contributed by atoms with van der Waals surface area (Å²) in [4.78, 5) is 12.4. The van der Waals surface area contributed by atoms with Crippen molar-refractivity contribution in [1.82, 2.24) is 10.6 Å². The zero-order valence-electron chi connectivity index (χ0n) is 12.7. The third kappa shape index (κ3) is 3.78. The number of fused-ring (bicyclic) bond motifs is 1. The molecule has 1 heterocycles. The van der Waals surface area contributed by atoms with Crippen LogP contribution in [0.4, 0.5) is 0 Å². The van der Waals surface area contributed by atoms with Gasteiger partial charge in [-0.15, -0.1) is 12.4 Å². The summed E-state index contributed by atoms with van der Waals surface area (Å²) in [6, 6.07) is 6.55. The van der Waals surface area contributed by atoms with E-state index in [1.165, 1.54) is 30.4 Å². The van der Waals surface area contributed by atoms with Crippen LogP contribution in [-0.2, 0) is 12.8 Å². The van der Waals surface area contributed by atoms with Crippen LogP contribution in [0.25, 0.3) is 0 Å². The van der Waals surface area contributed by atoms with Crippen LogP contribution in [0.5, 0.6) is 0 Å². The summed E-state index contributed by atoms with van der Waals surface area (Å²) < 4.78 is 0. The zero-order chi connectivity index (χ0) is 13.9. The number of benzene rings is 1. The lowest BCUT2D eigenvalue weighted by molar-refractivity contribution is 0.0914. The number of rotatable bonds is 2. The summed E-state index contributed by atoms with van der Waals surface area (Å²) in [5, 5.41) is 6.58. The Balaban J connectivity index is 0.00000161. The number of amides is 1. The molecule has 4 heteroatoms. The summed E-state index contributed by atoms with van der Waals surface area (Å²) in [6.07, 6.45) is 5.86. The van der Waals surface area contributed by atoms with Gasteiger partial charge in [-0.1, -0.05) is 13.0 Å². The van der Waals surface area contributed by atoms with E-state index in [1.54, 1.807) is 0 Å². The average Bonchev–Trinajstić information content (AvgIpc) is 2.49. The average molecular weight is 309 g/mol. The van der Waals surface area contributed by atoms with E-state index in [-0.39, 0.29) is 18.3 Å². The van der Waals surface area contributed by atoms with Gasteiger partial charge >= 0.3 is 0 Å². The van der Waals surface area contributed by atoms with Gasteiger partial charge in [-0.2, -0.15) is 0 Å². The lowest BCUT2D eigenvalue weighted by Crippen LogP contribution is -2.48. The summed E-state index contributed by atoms with van der Waals surface area (Å²) in [5.41, 5.74) is 3.64. The van der Waals surface area contributed by atoms with Crippen LogP contribution in [0.15, 0.2) is 18.2 Å². The number of aryl methyl sites for hydroxylation is 2. The Bertz CT molecular complexity index is 504. The highest BCUT2D eigenvalue weighted by Gasteiger charge is 2.23. The highest BCUT2D eigenvalue weighted by atomic mass is 35.5. The molecule has 1 fully saturated rings. The molecule has 1 aromatic rings. The van der Waals surface area contributed by atoms with E-state index >= 15 is 0 Å². The van der Waals surface area contributed by atoms with Crippen LogP contribution < -0.4 is 10.6 Å². The van der Waals surface area contributed by atoms with Gasteiger partial charge in [0, 0.05) is 11.6 Å². The first kappa shape index (κ1) is 16.3. The SMILES string of the molecule is CC1CNCCC1NC(=O)c1ccc2c(c1)CCCC2.Cl. The Morgan fingerprint density at radius 2 is 2.00 bits per heavy atom. The molecule has 0 aromatic heterocycles. The molecule has 2 aliphatic rings. The van der Waals surface area contributed by atoms with Crippen molar-refractivity contribution in [3.8, 4) is 0 Å². The predicted molar refractivity (Wildman–Crippen MR) is 88.2 cm³/mol. The zero-order valence-corrected chi connectivity index (χ0v) is 13.5. The second kappa shape index (κ2) is 7.28. The third-order valence-electron chi connectivity index (χ3n) is 4.71. The summed E-state index contributed by atoms with van der Waals surface area (Å²) in [5.74, 6) is 0.599. The molecule has 1 amide bonds. The van der Waals surface area contributed by atoms with E-state index < -0.39 is 0 Å². The highest BCUT2D eigenvalue weighted by molar-refractivity contribution is 5.94. The smallest absolute Gasteiger partial charge is 0.251 e. The van der Waals surface area contributed by atoms with Crippen LogP contribution in [-0.4, -0.2) is 25.0 Å². The van der Waals surface area contributed by atoms with Gasteiger partial charge in [0.2, 0.25) is 0 Å². The standard InChI is InChI=1S/C17H24N2O.ClH/c1-12-11-18-9-8-16(12)19-17(20)15-7-6-13-4-2-3-5-14(13)10-15;/h6-7,10,12,16,18H,2-5,8-9,11H2,1H3,(H,19,20);1H. The monoisotopic (exact) mass is 308 g/mol.